The van der Waals surface area contributed by atoms with E-state index in [-0.39, 0.29) is 10.6 Å². The third-order valence-corrected chi connectivity index (χ3v) is 1.84. The molecular formula is C11H12ClFO2. The van der Waals surface area contributed by atoms with Crippen LogP contribution in [0.2, 0.25) is 5.02 Å². The summed E-state index contributed by atoms with van der Waals surface area (Å²) >= 11 is 5.55. The van der Waals surface area contributed by atoms with Gasteiger partial charge in [0.05, 0.1) is 10.6 Å². The molecule has 0 fully saturated rings. The summed E-state index contributed by atoms with van der Waals surface area (Å²) in [7, 11) is 0. The lowest BCUT2D eigenvalue weighted by atomic mass is 10.1. The van der Waals surface area contributed by atoms with Gasteiger partial charge in [-0.05, 0) is 39.0 Å². The number of hydrogen-bond donors (Lipinski definition) is 0. The minimum atomic E-state index is -0.571. The van der Waals surface area contributed by atoms with Crippen LogP contribution in [0.3, 0.4) is 0 Å². The molecule has 0 N–H and O–H groups in total. The first-order valence-electron chi connectivity index (χ1n) is 4.48. The van der Waals surface area contributed by atoms with Crippen LogP contribution in [-0.4, -0.2) is 11.6 Å². The molecule has 0 atom stereocenters. The van der Waals surface area contributed by atoms with Crippen molar-refractivity contribution in [2.45, 2.75) is 26.4 Å². The summed E-state index contributed by atoms with van der Waals surface area (Å²) in [6, 6.07) is 3.74. The van der Waals surface area contributed by atoms with Gasteiger partial charge in [-0.25, -0.2) is 9.18 Å². The van der Waals surface area contributed by atoms with Gasteiger partial charge in [-0.3, -0.25) is 0 Å². The fourth-order valence-electron chi connectivity index (χ4n) is 0.960. The maximum atomic E-state index is 12.8. The summed E-state index contributed by atoms with van der Waals surface area (Å²) in [5.41, 5.74) is -0.325. The zero-order chi connectivity index (χ0) is 11.6. The van der Waals surface area contributed by atoms with Gasteiger partial charge in [0.2, 0.25) is 0 Å². The highest BCUT2D eigenvalue weighted by atomic mass is 35.5. The van der Waals surface area contributed by atoms with Crippen LogP contribution in [-0.2, 0) is 4.74 Å². The number of halogens is 2. The lowest BCUT2D eigenvalue weighted by molar-refractivity contribution is 0.00695. The Morgan fingerprint density at radius 3 is 2.47 bits per heavy atom. The van der Waals surface area contributed by atoms with Crippen molar-refractivity contribution in [3.8, 4) is 0 Å². The third kappa shape index (κ3) is 3.51. The summed E-state index contributed by atoms with van der Waals surface area (Å²) in [4.78, 5) is 11.5. The summed E-state index contributed by atoms with van der Waals surface area (Å²) in [6.07, 6.45) is 0. The van der Waals surface area contributed by atoms with Gasteiger partial charge in [-0.2, -0.15) is 0 Å². The smallest absolute Gasteiger partial charge is 0.338 e. The molecule has 0 aromatic heterocycles. The van der Waals surface area contributed by atoms with E-state index >= 15 is 0 Å². The van der Waals surface area contributed by atoms with Crippen molar-refractivity contribution in [3.63, 3.8) is 0 Å². The molecule has 0 saturated heterocycles. The standard InChI is InChI=1S/C11H12ClFO2/c1-11(2,3)15-10(14)7-4-5-9(13)8(12)6-7/h4-6H,1-3H3. The first-order valence-corrected chi connectivity index (χ1v) is 4.86. The Balaban J connectivity index is 2.88. The van der Waals surface area contributed by atoms with Crippen LogP contribution in [0, 0.1) is 5.82 Å². The van der Waals surface area contributed by atoms with Crippen molar-refractivity contribution in [3.05, 3.63) is 34.6 Å². The molecule has 15 heavy (non-hydrogen) atoms. The average molecular weight is 231 g/mol. The molecule has 0 bridgehead atoms. The Morgan fingerprint density at radius 1 is 1.40 bits per heavy atom. The minimum absolute atomic E-state index is 0.0849. The molecule has 0 unspecified atom stereocenters. The molecule has 0 radical (unpaired) electrons. The highest BCUT2D eigenvalue weighted by molar-refractivity contribution is 6.31. The Labute approximate surface area is 93.0 Å². The van der Waals surface area contributed by atoms with Crippen LogP contribution in [0.5, 0.6) is 0 Å². The molecule has 0 saturated carbocycles. The monoisotopic (exact) mass is 230 g/mol. The van der Waals surface area contributed by atoms with Gasteiger partial charge in [-0.1, -0.05) is 11.6 Å². The van der Waals surface area contributed by atoms with Crippen LogP contribution in [0.4, 0.5) is 4.39 Å². The number of carbonyl (C=O) groups is 1. The zero-order valence-corrected chi connectivity index (χ0v) is 9.56. The molecule has 1 rings (SSSR count). The summed E-state index contributed by atoms with van der Waals surface area (Å²) in [6.45, 7) is 5.28. The first kappa shape index (κ1) is 12.0. The van der Waals surface area contributed by atoms with Gasteiger partial charge in [0.25, 0.3) is 0 Å². The number of carbonyl (C=O) groups excluding carboxylic acids is 1. The zero-order valence-electron chi connectivity index (χ0n) is 8.80. The van der Waals surface area contributed by atoms with Crippen molar-refractivity contribution < 1.29 is 13.9 Å². The van der Waals surface area contributed by atoms with Gasteiger partial charge < -0.3 is 4.74 Å². The normalized spacial score (nSPS) is 11.3. The largest absolute Gasteiger partial charge is 0.456 e. The van der Waals surface area contributed by atoms with Crippen molar-refractivity contribution in [2.75, 3.05) is 0 Å². The molecule has 4 heteroatoms. The Kier molecular flexibility index (Phi) is 3.35. The van der Waals surface area contributed by atoms with E-state index in [1.165, 1.54) is 12.1 Å². The molecule has 0 aliphatic rings. The fraction of sp³-hybridized carbons (Fsp3) is 0.364. The van der Waals surface area contributed by atoms with E-state index in [0.29, 0.717) is 0 Å². The van der Waals surface area contributed by atoms with E-state index < -0.39 is 17.4 Å². The quantitative estimate of drug-likeness (QED) is 0.691. The average Bonchev–Trinajstić information content (AvgIpc) is 2.06. The van der Waals surface area contributed by atoms with Crippen molar-refractivity contribution in [1.82, 2.24) is 0 Å². The topological polar surface area (TPSA) is 26.3 Å². The second-order valence-corrected chi connectivity index (χ2v) is 4.54. The predicted octanol–water partition coefficient (Wildman–Crippen LogP) is 3.43. The van der Waals surface area contributed by atoms with E-state index in [4.69, 9.17) is 16.3 Å². The minimum Gasteiger partial charge on any atom is -0.456 e. The number of hydrogen-bond acceptors (Lipinski definition) is 2. The highest BCUT2D eigenvalue weighted by Gasteiger charge is 2.18. The molecule has 1 aromatic rings. The van der Waals surface area contributed by atoms with Crippen molar-refractivity contribution in [1.29, 1.82) is 0 Å². The van der Waals surface area contributed by atoms with E-state index in [9.17, 15) is 9.18 Å². The molecule has 82 valence electrons. The Morgan fingerprint density at radius 2 is 2.00 bits per heavy atom. The van der Waals surface area contributed by atoms with Crippen LogP contribution < -0.4 is 0 Å². The Bertz CT molecular complexity index is 383. The van der Waals surface area contributed by atoms with E-state index in [0.717, 1.165) is 6.07 Å². The number of benzene rings is 1. The molecule has 2 nitrogen and oxygen atoms in total. The third-order valence-electron chi connectivity index (χ3n) is 1.55. The number of rotatable bonds is 1. The van der Waals surface area contributed by atoms with Gasteiger partial charge in [0.15, 0.2) is 0 Å². The molecule has 1 aromatic carbocycles. The van der Waals surface area contributed by atoms with Gasteiger partial charge in [0, 0.05) is 0 Å². The Hall–Kier alpha value is -1.09. The molecular weight excluding hydrogens is 219 g/mol. The summed E-state index contributed by atoms with van der Waals surface area (Å²) < 4.78 is 17.9. The van der Waals surface area contributed by atoms with Gasteiger partial charge >= 0.3 is 5.97 Å². The maximum Gasteiger partial charge on any atom is 0.338 e. The second-order valence-electron chi connectivity index (χ2n) is 4.13. The predicted molar refractivity (Wildman–Crippen MR) is 56.6 cm³/mol. The number of esters is 1. The molecule has 0 spiro atoms. The van der Waals surface area contributed by atoms with Crippen LogP contribution in [0.15, 0.2) is 18.2 Å². The van der Waals surface area contributed by atoms with E-state index in [1.54, 1.807) is 20.8 Å². The molecule has 0 heterocycles. The summed E-state index contributed by atoms with van der Waals surface area (Å²) in [5, 5.41) is -0.0849. The lowest BCUT2D eigenvalue weighted by Crippen LogP contribution is -2.23. The SMILES string of the molecule is CC(C)(C)OC(=O)c1ccc(F)c(Cl)c1. The number of ether oxygens (including phenoxy) is 1. The highest BCUT2D eigenvalue weighted by Crippen LogP contribution is 2.18. The van der Waals surface area contributed by atoms with Gasteiger partial charge in [-0.15, -0.1) is 0 Å². The first-order chi connectivity index (χ1) is 6.79. The molecule has 0 aliphatic carbocycles. The fourth-order valence-corrected chi connectivity index (χ4v) is 1.14. The van der Waals surface area contributed by atoms with Crippen LogP contribution >= 0.6 is 11.6 Å². The van der Waals surface area contributed by atoms with Crippen molar-refractivity contribution >= 4 is 17.6 Å². The van der Waals surface area contributed by atoms with Gasteiger partial charge in [0.1, 0.15) is 11.4 Å². The summed E-state index contributed by atoms with van der Waals surface area (Å²) in [5.74, 6) is -1.06. The second kappa shape index (κ2) is 4.19. The lowest BCUT2D eigenvalue weighted by Gasteiger charge is -2.19. The maximum absolute atomic E-state index is 12.8. The molecule has 0 amide bonds. The van der Waals surface area contributed by atoms with Crippen molar-refractivity contribution in [2.24, 2.45) is 0 Å². The molecule has 0 aliphatic heterocycles. The van der Waals surface area contributed by atoms with Crippen LogP contribution in [0.1, 0.15) is 31.1 Å². The van der Waals surface area contributed by atoms with Crippen LogP contribution in [0.25, 0.3) is 0 Å². The van der Waals surface area contributed by atoms with E-state index in [2.05, 4.69) is 0 Å². The van der Waals surface area contributed by atoms with E-state index in [1.807, 2.05) is 0 Å².